The lowest BCUT2D eigenvalue weighted by atomic mass is 10.1. The topological polar surface area (TPSA) is 63.8 Å². The molecule has 1 aromatic carbocycles. The maximum absolute atomic E-state index is 13.2. The van der Waals surface area contributed by atoms with E-state index in [4.69, 9.17) is 5.73 Å². The highest BCUT2D eigenvalue weighted by molar-refractivity contribution is 5.67. The predicted molar refractivity (Wildman–Crippen MR) is 66.1 cm³/mol. The van der Waals surface area contributed by atoms with Crippen LogP contribution in [0.15, 0.2) is 24.3 Å². The Morgan fingerprint density at radius 2 is 2.00 bits per heavy atom. The Hall–Kier alpha value is -2.17. The van der Waals surface area contributed by atoms with Gasteiger partial charge in [-0.15, -0.1) is 0 Å². The van der Waals surface area contributed by atoms with E-state index in [0.717, 1.165) is 11.1 Å². The molecule has 0 saturated carbocycles. The molecule has 17 heavy (non-hydrogen) atoms. The van der Waals surface area contributed by atoms with Crippen LogP contribution in [0.2, 0.25) is 0 Å². The third-order valence-electron chi connectivity index (χ3n) is 2.48. The summed E-state index contributed by atoms with van der Waals surface area (Å²) in [5.74, 6) is 0.473. The minimum absolute atomic E-state index is 0.163. The number of aromatic nitrogens is 2. The molecule has 1 aromatic heterocycles. The number of rotatable bonds is 2. The normalized spacial score (nSPS) is 10.3. The van der Waals surface area contributed by atoms with Gasteiger partial charge in [-0.1, -0.05) is 6.07 Å². The van der Waals surface area contributed by atoms with Crippen LogP contribution in [-0.2, 0) is 0 Å². The van der Waals surface area contributed by atoms with Gasteiger partial charge in [0, 0.05) is 18.7 Å². The Balaban J connectivity index is 2.59. The molecule has 0 unspecified atom stereocenters. The third kappa shape index (κ3) is 2.33. The maximum atomic E-state index is 13.2. The van der Waals surface area contributed by atoms with E-state index >= 15 is 0 Å². The van der Waals surface area contributed by atoms with Crippen molar-refractivity contribution in [2.24, 2.45) is 0 Å². The van der Waals surface area contributed by atoms with Crippen LogP contribution in [0.5, 0.6) is 0 Å². The SMILES string of the molecule is CNc1cc(-c2cc(F)ccc2C)nc(N)n1. The lowest BCUT2D eigenvalue weighted by Gasteiger charge is -2.08. The van der Waals surface area contributed by atoms with Gasteiger partial charge in [-0.3, -0.25) is 0 Å². The molecule has 0 aliphatic rings. The zero-order valence-electron chi connectivity index (χ0n) is 9.66. The first-order chi connectivity index (χ1) is 8.10. The van der Waals surface area contributed by atoms with Crippen LogP contribution < -0.4 is 11.1 Å². The van der Waals surface area contributed by atoms with Crippen molar-refractivity contribution < 1.29 is 4.39 Å². The van der Waals surface area contributed by atoms with E-state index in [-0.39, 0.29) is 11.8 Å². The summed E-state index contributed by atoms with van der Waals surface area (Å²) in [4.78, 5) is 8.11. The summed E-state index contributed by atoms with van der Waals surface area (Å²) in [5, 5.41) is 2.89. The first-order valence-electron chi connectivity index (χ1n) is 5.19. The molecule has 5 heteroatoms. The summed E-state index contributed by atoms with van der Waals surface area (Å²) in [6.07, 6.45) is 0. The summed E-state index contributed by atoms with van der Waals surface area (Å²) in [5.41, 5.74) is 7.87. The van der Waals surface area contributed by atoms with Crippen molar-refractivity contribution in [1.82, 2.24) is 9.97 Å². The average molecular weight is 232 g/mol. The van der Waals surface area contributed by atoms with E-state index in [1.165, 1.54) is 12.1 Å². The van der Waals surface area contributed by atoms with E-state index in [1.54, 1.807) is 19.2 Å². The van der Waals surface area contributed by atoms with Crippen LogP contribution in [0.1, 0.15) is 5.56 Å². The Labute approximate surface area is 98.7 Å². The molecule has 2 rings (SSSR count). The molecule has 0 saturated heterocycles. The number of halogens is 1. The minimum Gasteiger partial charge on any atom is -0.373 e. The lowest BCUT2D eigenvalue weighted by molar-refractivity contribution is 0.628. The fraction of sp³-hybridized carbons (Fsp3) is 0.167. The van der Waals surface area contributed by atoms with Crippen LogP contribution in [0.25, 0.3) is 11.3 Å². The van der Waals surface area contributed by atoms with E-state index in [0.29, 0.717) is 11.5 Å². The first-order valence-corrected chi connectivity index (χ1v) is 5.19. The van der Waals surface area contributed by atoms with Crippen molar-refractivity contribution in [3.8, 4) is 11.3 Å². The number of nitrogens with two attached hydrogens (primary N) is 1. The van der Waals surface area contributed by atoms with Crippen molar-refractivity contribution in [2.75, 3.05) is 18.1 Å². The van der Waals surface area contributed by atoms with E-state index in [2.05, 4.69) is 15.3 Å². The maximum Gasteiger partial charge on any atom is 0.222 e. The van der Waals surface area contributed by atoms with Gasteiger partial charge in [0.1, 0.15) is 11.6 Å². The van der Waals surface area contributed by atoms with E-state index in [1.807, 2.05) is 6.92 Å². The molecule has 0 aliphatic carbocycles. The Morgan fingerprint density at radius 1 is 1.24 bits per heavy atom. The Morgan fingerprint density at radius 3 is 2.71 bits per heavy atom. The molecule has 4 nitrogen and oxygen atoms in total. The highest BCUT2D eigenvalue weighted by Gasteiger charge is 2.08. The second-order valence-electron chi connectivity index (χ2n) is 3.71. The number of anilines is 2. The van der Waals surface area contributed by atoms with Crippen LogP contribution in [-0.4, -0.2) is 17.0 Å². The zero-order valence-corrected chi connectivity index (χ0v) is 9.66. The standard InChI is InChI=1S/C12H13FN4/c1-7-3-4-8(13)5-9(7)10-6-11(15-2)17-12(14)16-10/h3-6H,1-2H3,(H3,14,15,16,17). The number of hydrogen-bond acceptors (Lipinski definition) is 4. The van der Waals surface area contributed by atoms with Crippen LogP contribution >= 0.6 is 0 Å². The van der Waals surface area contributed by atoms with Gasteiger partial charge in [0.25, 0.3) is 0 Å². The summed E-state index contributed by atoms with van der Waals surface area (Å²) in [7, 11) is 1.74. The van der Waals surface area contributed by atoms with E-state index < -0.39 is 0 Å². The number of nitrogens with one attached hydrogen (secondary N) is 1. The molecule has 0 bridgehead atoms. The lowest BCUT2D eigenvalue weighted by Crippen LogP contribution is -2.01. The number of hydrogen-bond donors (Lipinski definition) is 2. The van der Waals surface area contributed by atoms with Crippen LogP contribution in [0, 0.1) is 12.7 Å². The van der Waals surface area contributed by atoms with Gasteiger partial charge < -0.3 is 11.1 Å². The molecular weight excluding hydrogens is 219 g/mol. The summed E-state index contributed by atoms with van der Waals surface area (Å²) in [6.45, 7) is 1.89. The largest absolute Gasteiger partial charge is 0.373 e. The number of benzene rings is 1. The van der Waals surface area contributed by atoms with Crippen molar-refractivity contribution in [1.29, 1.82) is 0 Å². The molecule has 88 valence electrons. The van der Waals surface area contributed by atoms with Gasteiger partial charge in [-0.05, 0) is 24.6 Å². The third-order valence-corrected chi connectivity index (χ3v) is 2.48. The van der Waals surface area contributed by atoms with Gasteiger partial charge in [0.15, 0.2) is 0 Å². The molecule has 3 N–H and O–H groups in total. The number of aryl methyl sites for hydroxylation is 1. The number of nitrogen functional groups attached to an aromatic ring is 1. The molecule has 0 radical (unpaired) electrons. The molecule has 0 aliphatic heterocycles. The van der Waals surface area contributed by atoms with Gasteiger partial charge in [0.2, 0.25) is 5.95 Å². The second-order valence-corrected chi connectivity index (χ2v) is 3.71. The fourth-order valence-electron chi connectivity index (χ4n) is 1.60. The first kappa shape index (κ1) is 11.3. The fourth-order valence-corrected chi connectivity index (χ4v) is 1.60. The van der Waals surface area contributed by atoms with Gasteiger partial charge in [0.05, 0.1) is 5.69 Å². The number of nitrogens with zero attached hydrogens (tertiary/aromatic N) is 2. The Bertz CT molecular complexity index is 554. The minimum atomic E-state index is -0.297. The highest BCUT2D eigenvalue weighted by atomic mass is 19.1. The predicted octanol–water partition coefficient (Wildman–Crippen LogP) is 2.22. The van der Waals surface area contributed by atoms with Crippen molar-refractivity contribution in [3.63, 3.8) is 0 Å². The van der Waals surface area contributed by atoms with Crippen LogP contribution in [0.3, 0.4) is 0 Å². The molecule has 1 heterocycles. The zero-order chi connectivity index (χ0) is 12.4. The average Bonchev–Trinajstić information content (AvgIpc) is 2.31. The summed E-state index contributed by atoms with van der Waals surface area (Å²) in [6, 6.07) is 6.30. The molecular formula is C12H13FN4. The quantitative estimate of drug-likeness (QED) is 0.833. The monoisotopic (exact) mass is 232 g/mol. The smallest absolute Gasteiger partial charge is 0.222 e. The second kappa shape index (κ2) is 4.37. The van der Waals surface area contributed by atoms with Gasteiger partial charge in [-0.2, -0.15) is 4.98 Å². The molecule has 2 aromatic rings. The van der Waals surface area contributed by atoms with Crippen molar-refractivity contribution in [3.05, 3.63) is 35.6 Å². The molecule has 0 amide bonds. The van der Waals surface area contributed by atoms with Gasteiger partial charge >= 0.3 is 0 Å². The van der Waals surface area contributed by atoms with E-state index in [9.17, 15) is 4.39 Å². The Kier molecular flexibility index (Phi) is 2.91. The summed E-state index contributed by atoms with van der Waals surface area (Å²) < 4.78 is 13.2. The molecule has 0 spiro atoms. The van der Waals surface area contributed by atoms with Crippen LogP contribution in [0.4, 0.5) is 16.2 Å². The summed E-state index contributed by atoms with van der Waals surface area (Å²) >= 11 is 0. The molecule has 0 atom stereocenters. The molecule has 0 fully saturated rings. The highest BCUT2D eigenvalue weighted by Crippen LogP contribution is 2.24. The van der Waals surface area contributed by atoms with Crippen molar-refractivity contribution >= 4 is 11.8 Å². The van der Waals surface area contributed by atoms with Crippen molar-refractivity contribution in [2.45, 2.75) is 6.92 Å². The van der Waals surface area contributed by atoms with Gasteiger partial charge in [-0.25, -0.2) is 9.37 Å².